The van der Waals surface area contributed by atoms with Crippen LogP contribution in [-0.2, 0) is 0 Å². The molecule has 9 heteroatoms. The van der Waals surface area contributed by atoms with E-state index in [-0.39, 0.29) is 11.9 Å². The first kappa shape index (κ1) is 21.4. The highest BCUT2D eigenvalue weighted by Crippen LogP contribution is 2.27. The summed E-state index contributed by atoms with van der Waals surface area (Å²) in [7, 11) is 1.58. The molecule has 1 atom stereocenters. The van der Waals surface area contributed by atoms with Gasteiger partial charge in [0.2, 0.25) is 5.88 Å². The molecule has 32 heavy (non-hydrogen) atoms. The van der Waals surface area contributed by atoms with Crippen molar-refractivity contribution in [3.8, 4) is 23.0 Å². The summed E-state index contributed by atoms with van der Waals surface area (Å²) in [6.07, 6.45) is 5.60. The minimum absolute atomic E-state index is 0.106. The molecule has 0 bridgehead atoms. The second kappa shape index (κ2) is 9.09. The van der Waals surface area contributed by atoms with Crippen LogP contribution >= 0.6 is 0 Å². The number of rotatable bonds is 7. The molecule has 8 nitrogen and oxygen atoms in total. The van der Waals surface area contributed by atoms with Crippen molar-refractivity contribution in [1.82, 2.24) is 29.7 Å². The van der Waals surface area contributed by atoms with Gasteiger partial charge in [0.25, 0.3) is 0 Å². The van der Waals surface area contributed by atoms with Gasteiger partial charge in [0, 0.05) is 6.20 Å². The quantitative estimate of drug-likeness (QED) is 0.460. The summed E-state index contributed by atoms with van der Waals surface area (Å²) in [5.41, 5.74) is 4.63. The summed E-state index contributed by atoms with van der Waals surface area (Å²) in [4.78, 5) is 13.0. The predicted molar refractivity (Wildman–Crippen MR) is 119 cm³/mol. The number of methoxy groups -OCH3 is 1. The highest BCUT2D eigenvalue weighted by atomic mass is 19.1. The second-order valence-electron chi connectivity index (χ2n) is 7.41. The first-order valence-corrected chi connectivity index (χ1v) is 10.3. The topological polar surface area (TPSA) is 90.6 Å². The highest BCUT2D eigenvalue weighted by molar-refractivity contribution is 5.61. The Labute approximate surface area is 185 Å². The molecular formula is C23H24FN7O. The molecule has 0 fully saturated rings. The van der Waals surface area contributed by atoms with E-state index in [1.54, 1.807) is 19.5 Å². The van der Waals surface area contributed by atoms with Gasteiger partial charge in [0.15, 0.2) is 5.82 Å². The van der Waals surface area contributed by atoms with Crippen molar-refractivity contribution in [2.75, 3.05) is 12.4 Å². The van der Waals surface area contributed by atoms with Crippen molar-refractivity contribution in [2.24, 2.45) is 0 Å². The highest BCUT2D eigenvalue weighted by Gasteiger charge is 2.16. The number of anilines is 1. The molecule has 4 aromatic heterocycles. The lowest BCUT2D eigenvalue weighted by Gasteiger charge is -2.18. The maximum absolute atomic E-state index is 13.2. The Balaban J connectivity index is 1.59. The molecule has 164 valence electrons. The van der Waals surface area contributed by atoms with Crippen LogP contribution in [0.5, 0.6) is 5.88 Å². The summed E-state index contributed by atoms with van der Waals surface area (Å²) in [5.74, 6) is 0.750. The molecule has 0 radical (unpaired) electrons. The third-order valence-corrected chi connectivity index (χ3v) is 5.10. The molecule has 0 aliphatic rings. The van der Waals surface area contributed by atoms with Crippen LogP contribution in [0.25, 0.3) is 17.1 Å². The minimum atomic E-state index is -0.360. The molecule has 0 spiro atoms. The number of nitrogens with zero attached hydrogens (tertiary/aromatic N) is 6. The lowest BCUT2D eigenvalue weighted by molar-refractivity contribution is 0.396. The van der Waals surface area contributed by atoms with Gasteiger partial charge in [0.1, 0.15) is 17.2 Å². The number of nitrogens with one attached hydrogen (secondary N) is 1. The van der Waals surface area contributed by atoms with Gasteiger partial charge >= 0.3 is 0 Å². The molecule has 0 amide bonds. The third kappa shape index (κ3) is 4.41. The summed E-state index contributed by atoms with van der Waals surface area (Å²) in [6.45, 7) is 5.90. The molecule has 0 aliphatic heterocycles. The Kier molecular flexibility index (Phi) is 6.07. The molecule has 0 aliphatic carbocycles. The molecule has 0 saturated carbocycles. The second-order valence-corrected chi connectivity index (χ2v) is 7.41. The molecule has 4 aromatic rings. The van der Waals surface area contributed by atoms with Crippen molar-refractivity contribution in [1.29, 1.82) is 0 Å². The zero-order chi connectivity index (χ0) is 22.7. The average Bonchev–Trinajstić information content (AvgIpc) is 3.24. The van der Waals surface area contributed by atoms with Gasteiger partial charge in [-0.15, -0.1) is 10.2 Å². The van der Waals surface area contributed by atoms with E-state index in [9.17, 15) is 4.39 Å². The van der Waals surface area contributed by atoms with Crippen LogP contribution in [0.2, 0.25) is 0 Å². The monoisotopic (exact) mass is 433 g/mol. The summed E-state index contributed by atoms with van der Waals surface area (Å²) in [5, 5.41) is 12.1. The van der Waals surface area contributed by atoms with Crippen LogP contribution in [0.15, 0.2) is 49.1 Å². The molecule has 4 rings (SSSR count). The zero-order valence-electron chi connectivity index (χ0n) is 18.4. The van der Waals surface area contributed by atoms with Crippen LogP contribution in [0.1, 0.15) is 36.3 Å². The first-order chi connectivity index (χ1) is 15.5. The largest absolute Gasteiger partial charge is 0.479 e. The number of aryl methyl sites for hydroxylation is 2. The lowest BCUT2D eigenvalue weighted by Crippen LogP contribution is -2.14. The van der Waals surface area contributed by atoms with Gasteiger partial charge < -0.3 is 14.6 Å². The molecule has 1 N–H and O–H groups in total. The van der Waals surface area contributed by atoms with E-state index in [0.717, 1.165) is 29.1 Å². The van der Waals surface area contributed by atoms with E-state index < -0.39 is 0 Å². The zero-order valence-corrected chi connectivity index (χ0v) is 18.4. The van der Waals surface area contributed by atoms with Crippen LogP contribution < -0.4 is 10.1 Å². The molecular weight excluding hydrogens is 409 g/mol. The predicted octanol–water partition coefficient (Wildman–Crippen LogP) is 4.45. The van der Waals surface area contributed by atoms with Crippen LogP contribution in [0, 0.1) is 19.7 Å². The number of ether oxygens (including phenoxy) is 1. The number of pyridine rings is 2. The van der Waals surface area contributed by atoms with Crippen LogP contribution in [-0.4, -0.2) is 36.8 Å². The molecule has 4 heterocycles. The van der Waals surface area contributed by atoms with Crippen molar-refractivity contribution in [3.05, 3.63) is 71.8 Å². The van der Waals surface area contributed by atoms with E-state index >= 15 is 0 Å². The molecule has 0 unspecified atom stereocenters. The first-order valence-electron chi connectivity index (χ1n) is 10.3. The van der Waals surface area contributed by atoms with Gasteiger partial charge in [-0.05, 0) is 56.2 Å². The Morgan fingerprint density at radius 1 is 1.09 bits per heavy atom. The fourth-order valence-corrected chi connectivity index (χ4v) is 3.37. The standard InChI is InChI=1S/C23H24FN7O/c1-5-17(18-7-6-16(24)11-25-18)27-22-14(2)10-20(29-30-22)19-8-9-21(23(28-19)32-4)31-12-15(3)26-13-31/h6-13,17H,5H2,1-4H3,(H,27,30)/t17-/m0/s1. The smallest absolute Gasteiger partial charge is 0.238 e. The average molecular weight is 433 g/mol. The minimum Gasteiger partial charge on any atom is -0.479 e. The number of halogens is 1. The third-order valence-electron chi connectivity index (χ3n) is 5.10. The Morgan fingerprint density at radius 3 is 2.56 bits per heavy atom. The van der Waals surface area contributed by atoms with Crippen LogP contribution in [0.4, 0.5) is 10.2 Å². The Morgan fingerprint density at radius 2 is 1.94 bits per heavy atom. The van der Waals surface area contributed by atoms with E-state index in [2.05, 4.69) is 30.5 Å². The Bertz CT molecular complexity index is 1220. The molecule has 0 aromatic carbocycles. The van der Waals surface area contributed by atoms with Gasteiger partial charge in [0.05, 0.1) is 42.8 Å². The van der Waals surface area contributed by atoms with E-state index in [4.69, 9.17) is 4.74 Å². The summed E-state index contributed by atoms with van der Waals surface area (Å²) < 4.78 is 20.6. The van der Waals surface area contributed by atoms with Gasteiger partial charge in [-0.25, -0.2) is 14.4 Å². The van der Waals surface area contributed by atoms with E-state index in [1.807, 2.05) is 49.7 Å². The summed E-state index contributed by atoms with van der Waals surface area (Å²) >= 11 is 0. The maximum Gasteiger partial charge on any atom is 0.238 e. The van der Waals surface area contributed by atoms with Crippen molar-refractivity contribution >= 4 is 5.82 Å². The lowest BCUT2D eigenvalue weighted by atomic mass is 10.1. The number of hydrogen-bond acceptors (Lipinski definition) is 7. The number of hydrogen-bond donors (Lipinski definition) is 1. The fraction of sp³-hybridized carbons (Fsp3) is 0.261. The maximum atomic E-state index is 13.2. The van der Waals surface area contributed by atoms with E-state index in [0.29, 0.717) is 23.1 Å². The summed E-state index contributed by atoms with van der Waals surface area (Å²) in [6, 6.07) is 8.68. The van der Waals surface area contributed by atoms with E-state index in [1.165, 1.54) is 12.3 Å². The fourth-order valence-electron chi connectivity index (χ4n) is 3.37. The Hall–Kier alpha value is -3.88. The number of aromatic nitrogens is 6. The molecule has 0 saturated heterocycles. The van der Waals surface area contributed by atoms with Gasteiger partial charge in [-0.1, -0.05) is 6.92 Å². The van der Waals surface area contributed by atoms with Gasteiger partial charge in [-0.3, -0.25) is 4.98 Å². The van der Waals surface area contributed by atoms with Crippen molar-refractivity contribution in [2.45, 2.75) is 33.2 Å². The van der Waals surface area contributed by atoms with Crippen LogP contribution in [0.3, 0.4) is 0 Å². The van der Waals surface area contributed by atoms with Crippen molar-refractivity contribution < 1.29 is 9.13 Å². The van der Waals surface area contributed by atoms with Crippen molar-refractivity contribution in [3.63, 3.8) is 0 Å². The van der Waals surface area contributed by atoms with Gasteiger partial charge in [-0.2, -0.15) is 0 Å². The normalized spacial score (nSPS) is 11.9. The number of imidazole rings is 1. The SMILES string of the molecule is CC[C@H](Nc1nnc(-c2ccc(-n3cnc(C)c3)c(OC)n2)cc1C)c1ccc(F)cn1.